The number of nitrogens with two attached hydrogens (primary N) is 3. The summed E-state index contributed by atoms with van der Waals surface area (Å²) in [5.74, 6) is 0.0908. The molecule has 3 saturated heterocycles. The van der Waals surface area contributed by atoms with Crippen LogP contribution in [0.2, 0.25) is 0 Å². The molecule has 0 bridgehead atoms. The number of aryl methyl sites for hydroxylation is 1. The van der Waals surface area contributed by atoms with Crippen molar-refractivity contribution >= 4 is 41.0 Å². The van der Waals surface area contributed by atoms with Gasteiger partial charge >= 0.3 is 0 Å². The summed E-state index contributed by atoms with van der Waals surface area (Å²) in [6, 6.07) is 17.1. The van der Waals surface area contributed by atoms with Gasteiger partial charge < -0.3 is 61.7 Å². The van der Waals surface area contributed by atoms with Crippen LogP contribution in [0.15, 0.2) is 84.6 Å². The quantitative estimate of drug-likeness (QED) is 0.0638. The van der Waals surface area contributed by atoms with E-state index in [2.05, 4.69) is 43.4 Å². The number of piperidine rings is 2. The van der Waals surface area contributed by atoms with Gasteiger partial charge in [0.2, 0.25) is 6.41 Å². The number of nitrogens with one attached hydrogen (secondary N) is 2. The molecule has 5 heterocycles. The van der Waals surface area contributed by atoms with Gasteiger partial charge in [-0.1, -0.05) is 18.2 Å². The minimum Gasteiger partial charge on any atom is -0.507 e. The van der Waals surface area contributed by atoms with E-state index in [-0.39, 0.29) is 23.6 Å². The third-order valence-electron chi connectivity index (χ3n) is 11.8. The van der Waals surface area contributed by atoms with E-state index in [1.165, 1.54) is 0 Å². The maximum atomic E-state index is 16.2. The number of rotatable bonds is 13. The molecule has 0 saturated carbocycles. The highest BCUT2D eigenvalue weighted by Gasteiger charge is 2.39. The summed E-state index contributed by atoms with van der Waals surface area (Å²) < 4.78 is 24.7. The Kier molecular flexibility index (Phi) is 14.9. The third-order valence-corrected chi connectivity index (χ3v) is 11.8. The molecule has 2 aromatic carbocycles. The number of aromatic nitrogens is 2. The molecule has 61 heavy (non-hydrogen) atoms. The smallest absolute Gasteiger partial charge is 0.253 e. The molecule has 1 atom stereocenters. The molecule has 3 aliphatic rings. The zero-order valence-electron chi connectivity index (χ0n) is 35.1. The molecular weight excluding hydrogens is 780 g/mol. The number of anilines is 1. The number of ether oxygens (including phenoxy) is 1. The number of carbonyl (C=O) groups is 3. The van der Waals surface area contributed by atoms with E-state index in [0.29, 0.717) is 100 Å². The number of phenols is 1. The minimum absolute atomic E-state index is 0.0656. The van der Waals surface area contributed by atoms with E-state index < -0.39 is 5.67 Å². The second-order valence-electron chi connectivity index (χ2n) is 15.9. The molecule has 0 aliphatic carbocycles. The van der Waals surface area contributed by atoms with Crippen LogP contribution in [-0.2, 0) is 14.3 Å². The highest BCUT2D eigenvalue weighted by Crippen LogP contribution is 2.34. The van der Waals surface area contributed by atoms with Crippen molar-refractivity contribution < 1.29 is 28.6 Å². The first-order chi connectivity index (χ1) is 29.4. The number of pyridine rings is 1. The molecule has 9 N–H and O–H groups in total. The number of para-hydroxylation sites is 1. The molecule has 1 unspecified atom stereocenters. The van der Waals surface area contributed by atoms with Gasteiger partial charge in [0.25, 0.3) is 5.91 Å². The van der Waals surface area contributed by atoms with Crippen molar-refractivity contribution in [2.24, 2.45) is 17.2 Å². The van der Waals surface area contributed by atoms with Crippen LogP contribution in [0.4, 0.5) is 10.1 Å². The molecule has 3 fully saturated rings. The molecule has 0 spiro atoms. The minimum atomic E-state index is -1.32. The zero-order chi connectivity index (χ0) is 43.5. The van der Waals surface area contributed by atoms with E-state index in [0.717, 1.165) is 60.1 Å². The molecule has 2 aromatic heterocycles. The first-order valence-electron chi connectivity index (χ1n) is 20.9. The van der Waals surface area contributed by atoms with Crippen molar-refractivity contribution in [1.29, 1.82) is 0 Å². The Morgan fingerprint density at radius 1 is 1.02 bits per heavy atom. The number of nitrogens with zero attached hydrogens (tertiary/aromatic N) is 5. The van der Waals surface area contributed by atoms with Crippen molar-refractivity contribution in [1.82, 2.24) is 29.6 Å². The summed E-state index contributed by atoms with van der Waals surface area (Å²) in [5, 5.41) is 16.9. The van der Waals surface area contributed by atoms with Gasteiger partial charge in [-0.3, -0.25) is 9.59 Å². The molecule has 15 nitrogen and oxygen atoms in total. The molecule has 3 aliphatic heterocycles. The molecule has 7 rings (SSSR count). The van der Waals surface area contributed by atoms with Crippen LogP contribution in [0, 0.1) is 6.92 Å². The van der Waals surface area contributed by atoms with Crippen molar-refractivity contribution in [2.45, 2.75) is 56.8 Å². The fourth-order valence-electron chi connectivity index (χ4n) is 8.41. The van der Waals surface area contributed by atoms with Crippen LogP contribution in [0.25, 0.3) is 16.7 Å². The Morgan fingerprint density at radius 3 is 2.44 bits per heavy atom. The van der Waals surface area contributed by atoms with Gasteiger partial charge in [0.05, 0.1) is 24.2 Å². The first-order valence-corrected chi connectivity index (χ1v) is 20.9. The van der Waals surface area contributed by atoms with Crippen LogP contribution < -0.4 is 27.8 Å². The number of benzene rings is 2. The van der Waals surface area contributed by atoms with Gasteiger partial charge in [-0.2, -0.15) is 0 Å². The average molecular weight is 839 g/mol. The number of morpholine rings is 1. The number of carbonyl (C=O) groups excluding carboxylic acids is 3. The maximum Gasteiger partial charge on any atom is 0.253 e. The predicted octanol–water partition coefficient (Wildman–Crippen LogP) is 4.15. The van der Waals surface area contributed by atoms with Crippen LogP contribution in [0.3, 0.4) is 0 Å². The number of halogens is 1. The molecule has 326 valence electrons. The van der Waals surface area contributed by atoms with Crippen LogP contribution in [0.1, 0.15) is 71.3 Å². The number of hydrogen-bond acceptors (Lipinski definition) is 12. The van der Waals surface area contributed by atoms with Gasteiger partial charge in [0.15, 0.2) is 0 Å². The number of aldehydes is 1. The first kappa shape index (κ1) is 44.4. The molecule has 4 aromatic rings. The van der Waals surface area contributed by atoms with Gasteiger partial charge in [0.1, 0.15) is 35.3 Å². The van der Waals surface area contributed by atoms with Crippen molar-refractivity contribution in [3.63, 3.8) is 0 Å². The van der Waals surface area contributed by atoms with Crippen LogP contribution >= 0.6 is 0 Å². The monoisotopic (exact) mass is 838 g/mol. The predicted molar refractivity (Wildman–Crippen MR) is 235 cm³/mol. The van der Waals surface area contributed by atoms with Gasteiger partial charge in [-0.15, -0.1) is 0 Å². The number of fused-ring (bicyclic) bond motifs is 1. The lowest BCUT2D eigenvalue weighted by molar-refractivity contribution is -0.110. The lowest BCUT2D eigenvalue weighted by Crippen LogP contribution is -2.51. The van der Waals surface area contributed by atoms with Gasteiger partial charge in [-0.05, 0) is 73.4 Å². The Morgan fingerprint density at radius 2 is 1.77 bits per heavy atom. The lowest BCUT2D eigenvalue weighted by Gasteiger charge is -2.41. The van der Waals surface area contributed by atoms with E-state index >= 15 is 4.39 Å². The number of allylic oxidation sites excluding steroid dienone is 1. The zero-order valence-corrected chi connectivity index (χ0v) is 35.1. The molecule has 16 heteroatoms. The normalized spacial score (nSPS) is 18.5. The standard InChI is InChI=1S/C41H52FN9O3.C4H7NO2/c1-27-21-29(7-8-32(27)37-25-50(19-20-54-37)35(38(44)45)23-34(43)33-5-3-4-6-36(33)52)40(53)49-17-12-41(42,13-18-49)26-48-14-10-31(11-15-48)51-16-9-28-22-30(46-2)24-47-39(28)51;6-3-1-2-5-4-7/h3-9,16,21-24,31,37,46,52H,10-15,17-20,25-26,43-45H2,1-2H3;3-4H,1-2H2,(H,5,7)/b34-23-;. The summed E-state index contributed by atoms with van der Waals surface area (Å²) in [4.78, 5) is 43.4. The SMILES string of the molecule is CNc1cnc2c(ccn2C2CCN(CC3(F)CCN(C(=O)c4ccc(C5CN(C(/C=C(\N)c6ccccc6O)=C(N)N)CCO5)c(C)c4)CC3)CC2)c1.O=CCCNC=O. The van der Waals surface area contributed by atoms with E-state index in [1.807, 2.05) is 43.3 Å². The van der Waals surface area contributed by atoms with Crippen LogP contribution in [0.5, 0.6) is 5.75 Å². The summed E-state index contributed by atoms with van der Waals surface area (Å²) in [5.41, 5.74) is 23.1. The average Bonchev–Trinajstić information content (AvgIpc) is 3.69. The summed E-state index contributed by atoms with van der Waals surface area (Å²) in [6.45, 7) is 6.71. The molecular formula is C45H59FN10O5. The lowest BCUT2D eigenvalue weighted by atomic mass is 9.91. The summed E-state index contributed by atoms with van der Waals surface area (Å²) >= 11 is 0. The third kappa shape index (κ3) is 11.0. The van der Waals surface area contributed by atoms with E-state index in [9.17, 15) is 19.5 Å². The number of hydrogen-bond donors (Lipinski definition) is 6. The largest absolute Gasteiger partial charge is 0.507 e. The number of aromatic hydroxyl groups is 1. The van der Waals surface area contributed by atoms with Crippen LogP contribution in [-0.4, -0.2) is 120 Å². The molecule has 0 radical (unpaired) electrons. The summed E-state index contributed by atoms with van der Waals surface area (Å²) in [7, 11) is 1.89. The van der Waals surface area contributed by atoms with Gasteiger partial charge in [-0.25, -0.2) is 9.37 Å². The Balaban J connectivity index is 0.000000819. The highest BCUT2D eigenvalue weighted by atomic mass is 19.1. The number of alkyl halides is 1. The van der Waals surface area contributed by atoms with Crippen molar-refractivity contribution in [3.05, 3.63) is 107 Å². The Labute approximate surface area is 356 Å². The van der Waals surface area contributed by atoms with E-state index in [4.69, 9.17) is 21.9 Å². The van der Waals surface area contributed by atoms with Gasteiger partial charge in [0, 0.05) is 113 Å². The Hall–Kier alpha value is -6.13. The second kappa shape index (κ2) is 20.4. The molecule has 2 amide bonds. The Bertz CT molecular complexity index is 2200. The number of likely N-dealkylation sites (tertiary alicyclic amines) is 2. The maximum absolute atomic E-state index is 16.2. The van der Waals surface area contributed by atoms with E-state index in [1.54, 1.807) is 35.2 Å². The second-order valence-corrected chi connectivity index (χ2v) is 15.9. The topological polar surface area (TPSA) is 210 Å². The van der Waals surface area contributed by atoms with Crippen molar-refractivity contribution in [3.8, 4) is 5.75 Å². The fraction of sp³-hybridized carbons (Fsp3) is 0.422. The number of phenolic OH excluding ortho intramolecular Hbond substituents is 1. The van der Waals surface area contributed by atoms with Crippen molar-refractivity contribution in [2.75, 3.05) is 71.3 Å². The summed E-state index contributed by atoms with van der Waals surface area (Å²) in [6.07, 6.45) is 9.64. The highest BCUT2D eigenvalue weighted by molar-refractivity contribution is 5.94. The fourth-order valence-corrected chi connectivity index (χ4v) is 8.41. The number of amides is 2.